The summed E-state index contributed by atoms with van der Waals surface area (Å²) < 4.78 is 9.74. The van der Waals surface area contributed by atoms with Gasteiger partial charge in [-0.25, -0.2) is 9.78 Å². The lowest BCUT2D eigenvalue weighted by Gasteiger charge is -2.24. The predicted molar refractivity (Wildman–Crippen MR) is 102 cm³/mol. The van der Waals surface area contributed by atoms with Crippen molar-refractivity contribution in [1.29, 1.82) is 0 Å². The first kappa shape index (κ1) is 17.0. The van der Waals surface area contributed by atoms with Crippen LogP contribution in [0.5, 0.6) is 0 Å². The highest BCUT2D eigenvalue weighted by molar-refractivity contribution is 14.1. The molecule has 0 aliphatic carbocycles. The number of fused-ring (bicyclic) bond motifs is 1. The van der Waals surface area contributed by atoms with Crippen molar-refractivity contribution < 1.29 is 9.53 Å². The Morgan fingerprint density at radius 1 is 1.48 bits per heavy atom. The van der Waals surface area contributed by atoms with Gasteiger partial charge >= 0.3 is 6.09 Å². The molecule has 0 saturated carbocycles. The number of nitrogens with zero attached hydrogens (tertiary/aromatic N) is 3. The summed E-state index contributed by atoms with van der Waals surface area (Å²) in [6.07, 6.45) is 4.72. The van der Waals surface area contributed by atoms with E-state index in [4.69, 9.17) is 4.74 Å². The standard InChI is InChI=1S/C16H19BrIN3O2/c1-16(2,3)23-15(22)20-5-4-10(8-20)21-9-12(18)11-6-14(17)19-7-13(11)21/h6-7,9-10H,4-5,8H2,1-3H3. The second-order valence-electron chi connectivity index (χ2n) is 6.78. The molecule has 1 atom stereocenters. The number of rotatable bonds is 1. The molecule has 2 aromatic heterocycles. The van der Waals surface area contributed by atoms with Gasteiger partial charge in [0.2, 0.25) is 0 Å². The zero-order chi connectivity index (χ0) is 16.8. The van der Waals surface area contributed by atoms with Crippen LogP contribution < -0.4 is 0 Å². The largest absolute Gasteiger partial charge is 0.444 e. The number of carbonyl (C=O) groups excluding carboxylic acids is 1. The van der Waals surface area contributed by atoms with E-state index in [1.807, 2.05) is 33.0 Å². The number of carbonyl (C=O) groups is 1. The van der Waals surface area contributed by atoms with Gasteiger partial charge in [0.25, 0.3) is 0 Å². The molecular formula is C16H19BrIN3O2. The summed E-state index contributed by atoms with van der Waals surface area (Å²) in [4.78, 5) is 18.4. The maximum atomic E-state index is 12.2. The summed E-state index contributed by atoms with van der Waals surface area (Å²) in [6.45, 7) is 7.07. The Labute approximate surface area is 157 Å². The van der Waals surface area contributed by atoms with Crippen molar-refractivity contribution in [3.8, 4) is 0 Å². The first-order chi connectivity index (χ1) is 10.7. The Kier molecular flexibility index (Phi) is 4.61. The average molecular weight is 492 g/mol. The van der Waals surface area contributed by atoms with Crippen molar-refractivity contribution >= 4 is 55.5 Å². The second-order valence-corrected chi connectivity index (χ2v) is 8.75. The highest BCUT2D eigenvalue weighted by Crippen LogP contribution is 2.31. The second kappa shape index (κ2) is 6.23. The van der Waals surface area contributed by atoms with E-state index in [1.54, 1.807) is 4.90 Å². The van der Waals surface area contributed by atoms with Crippen molar-refractivity contribution in [1.82, 2.24) is 14.5 Å². The van der Waals surface area contributed by atoms with Gasteiger partial charge in [-0.15, -0.1) is 0 Å². The van der Waals surface area contributed by atoms with Crippen LogP contribution in [0.4, 0.5) is 4.79 Å². The molecule has 3 heterocycles. The zero-order valence-corrected chi connectivity index (χ0v) is 17.1. The summed E-state index contributed by atoms with van der Waals surface area (Å²) in [7, 11) is 0. The van der Waals surface area contributed by atoms with E-state index >= 15 is 0 Å². The van der Waals surface area contributed by atoms with Crippen LogP contribution in [0.25, 0.3) is 10.9 Å². The number of aromatic nitrogens is 2. The molecule has 1 unspecified atom stereocenters. The minimum absolute atomic E-state index is 0.230. The number of pyridine rings is 1. The fourth-order valence-electron chi connectivity index (χ4n) is 2.84. The lowest BCUT2D eigenvalue weighted by molar-refractivity contribution is 0.0289. The van der Waals surface area contributed by atoms with Crippen LogP contribution in [0.3, 0.4) is 0 Å². The number of halogens is 2. The Hall–Kier alpha value is -0.830. The van der Waals surface area contributed by atoms with Crippen molar-refractivity contribution in [2.24, 2.45) is 0 Å². The van der Waals surface area contributed by atoms with Gasteiger partial charge in [-0.05, 0) is 71.8 Å². The molecule has 1 amide bonds. The van der Waals surface area contributed by atoms with Gasteiger partial charge in [0.1, 0.15) is 10.2 Å². The third-order valence-corrected chi connectivity index (χ3v) is 5.14. The Morgan fingerprint density at radius 3 is 2.91 bits per heavy atom. The summed E-state index contributed by atoms with van der Waals surface area (Å²) >= 11 is 5.77. The summed E-state index contributed by atoms with van der Waals surface area (Å²) in [5.74, 6) is 0. The van der Waals surface area contributed by atoms with E-state index in [0.717, 1.165) is 23.1 Å². The molecule has 7 heteroatoms. The quantitative estimate of drug-likeness (QED) is 0.433. The number of hydrogen-bond donors (Lipinski definition) is 0. The van der Waals surface area contributed by atoms with Crippen LogP contribution >= 0.6 is 38.5 Å². The molecule has 0 spiro atoms. The van der Waals surface area contributed by atoms with Crippen molar-refractivity contribution in [2.45, 2.75) is 38.8 Å². The first-order valence-corrected chi connectivity index (χ1v) is 9.41. The van der Waals surface area contributed by atoms with Gasteiger partial charge in [-0.2, -0.15) is 0 Å². The smallest absolute Gasteiger partial charge is 0.410 e. The van der Waals surface area contributed by atoms with Crippen LogP contribution in [0.2, 0.25) is 0 Å². The number of hydrogen-bond acceptors (Lipinski definition) is 3. The third-order valence-electron chi connectivity index (χ3n) is 3.85. The fourth-order valence-corrected chi connectivity index (χ4v) is 3.91. The molecule has 1 fully saturated rings. The fraction of sp³-hybridized carbons (Fsp3) is 0.500. The molecule has 1 saturated heterocycles. The number of amides is 1. The zero-order valence-electron chi connectivity index (χ0n) is 13.3. The van der Waals surface area contributed by atoms with E-state index in [1.165, 1.54) is 8.96 Å². The molecule has 0 aromatic carbocycles. The van der Waals surface area contributed by atoms with Gasteiger partial charge < -0.3 is 14.2 Å². The lowest BCUT2D eigenvalue weighted by atomic mass is 10.2. The SMILES string of the molecule is CC(C)(C)OC(=O)N1CCC(n2cc(I)c3cc(Br)ncc32)C1. The van der Waals surface area contributed by atoms with Crippen LogP contribution in [0, 0.1) is 3.57 Å². The van der Waals surface area contributed by atoms with Crippen molar-refractivity contribution in [3.63, 3.8) is 0 Å². The van der Waals surface area contributed by atoms with Gasteiger partial charge in [0.15, 0.2) is 0 Å². The molecule has 0 radical (unpaired) electrons. The summed E-state index contributed by atoms with van der Waals surface area (Å²) in [6, 6.07) is 2.30. The summed E-state index contributed by atoms with van der Waals surface area (Å²) in [5.41, 5.74) is 0.648. The summed E-state index contributed by atoms with van der Waals surface area (Å²) in [5, 5.41) is 1.18. The first-order valence-electron chi connectivity index (χ1n) is 7.54. The molecule has 3 rings (SSSR count). The molecule has 5 nitrogen and oxygen atoms in total. The molecule has 1 aliphatic heterocycles. The molecule has 0 bridgehead atoms. The monoisotopic (exact) mass is 491 g/mol. The highest BCUT2D eigenvalue weighted by atomic mass is 127. The van der Waals surface area contributed by atoms with E-state index in [0.29, 0.717) is 6.54 Å². The third kappa shape index (κ3) is 3.65. The maximum Gasteiger partial charge on any atom is 0.410 e. The van der Waals surface area contributed by atoms with Crippen LogP contribution in [-0.2, 0) is 4.74 Å². The predicted octanol–water partition coefficient (Wildman–Crippen LogP) is 4.59. The maximum absolute atomic E-state index is 12.2. The van der Waals surface area contributed by atoms with Crippen molar-refractivity contribution in [2.75, 3.05) is 13.1 Å². The molecule has 23 heavy (non-hydrogen) atoms. The van der Waals surface area contributed by atoms with Crippen molar-refractivity contribution in [3.05, 3.63) is 26.6 Å². The van der Waals surface area contributed by atoms with E-state index in [9.17, 15) is 4.79 Å². The minimum atomic E-state index is -0.457. The van der Waals surface area contributed by atoms with E-state index in [2.05, 4.69) is 54.3 Å². The molecule has 0 N–H and O–H groups in total. The van der Waals surface area contributed by atoms with Crippen LogP contribution in [0.1, 0.15) is 33.2 Å². The molecule has 2 aromatic rings. The topological polar surface area (TPSA) is 47.4 Å². The highest BCUT2D eigenvalue weighted by Gasteiger charge is 2.31. The van der Waals surface area contributed by atoms with Gasteiger partial charge in [-0.1, -0.05) is 0 Å². The number of likely N-dealkylation sites (tertiary alicyclic amines) is 1. The van der Waals surface area contributed by atoms with Gasteiger partial charge in [0.05, 0.1) is 17.8 Å². The Morgan fingerprint density at radius 2 is 2.22 bits per heavy atom. The Balaban J connectivity index is 1.81. The minimum Gasteiger partial charge on any atom is -0.444 e. The van der Waals surface area contributed by atoms with E-state index < -0.39 is 5.60 Å². The normalized spacial score (nSPS) is 18.7. The molecule has 124 valence electrons. The van der Waals surface area contributed by atoms with Crippen LogP contribution in [-0.4, -0.2) is 39.2 Å². The van der Waals surface area contributed by atoms with Gasteiger partial charge in [0, 0.05) is 28.2 Å². The molecule has 1 aliphatic rings. The van der Waals surface area contributed by atoms with Gasteiger partial charge in [-0.3, -0.25) is 0 Å². The molecular weight excluding hydrogens is 473 g/mol. The van der Waals surface area contributed by atoms with E-state index in [-0.39, 0.29) is 12.1 Å². The Bertz CT molecular complexity index is 754. The lowest BCUT2D eigenvalue weighted by Crippen LogP contribution is -2.35. The average Bonchev–Trinajstić information content (AvgIpc) is 3.02. The number of ether oxygens (including phenoxy) is 1. The van der Waals surface area contributed by atoms with Crippen LogP contribution in [0.15, 0.2) is 23.1 Å².